The van der Waals surface area contributed by atoms with Crippen LogP contribution in [-0.4, -0.2) is 28.1 Å². The minimum absolute atomic E-state index is 0.0310. The molecule has 0 fully saturated rings. The van der Waals surface area contributed by atoms with Gasteiger partial charge >= 0.3 is 0 Å². The van der Waals surface area contributed by atoms with E-state index in [4.69, 9.17) is 4.74 Å². The van der Waals surface area contributed by atoms with Gasteiger partial charge in [0.05, 0.1) is 12.0 Å². The van der Waals surface area contributed by atoms with Crippen molar-refractivity contribution in [3.63, 3.8) is 0 Å². The largest absolute Gasteiger partial charge is 0.497 e. The third-order valence-electron chi connectivity index (χ3n) is 3.30. The number of aromatic nitrogens is 2. The van der Waals surface area contributed by atoms with Crippen molar-refractivity contribution in [2.24, 2.45) is 0 Å². The third-order valence-corrected chi connectivity index (χ3v) is 4.19. The first-order valence-electron chi connectivity index (χ1n) is 7.10. The smallest absolute Gasteiger partial charge is 0.270 e. The van der Waals surface area contributed by atoms with E-state index in [1.165, 1.54) is 12.1 Å². The number of hydrogen-bond donors (Lipinski definition) is 1. The van der Waals surface area contributed by atoms with Gasteiger partial charge in [0.25, 0.3) is 11.6 Å². The van der Waals surface area contributed by atoms with E-state index in [2.05, 4.69) is 15.5 Å². The Balaban J connectivity index is 1.76. The van der Waals surface area contributed by atoms with Gasteiger partial charge in [0.1, 0.15) is 10.8 Å². The summed E-state index contributed by atoms with van der Waals surface area (Å²) in [7, 11) is 1.55. The Kier molecular flexibility index (Phi) is 4.66. The number of nitro benzene ring substituents is 1. The van der Waals surface area contributed by atoms with Crippen LogP contribution in [-0.2, 0) is 0 Å². The fraction of sp³-hybridized carbons (Fsp3) is 0.0625. The van der Waals surface area contributed by atoms with Crippen LogP contribution in [0.5, 0.6) is 5.75 Å². The minimum atomic E-state index is -0.475. The second-order valence-corrected chi connectivity index (χ2v) is 5.88. The van der Waals surface area contributed by atoms with Crippen LogP contribution in [0.4, 0.5) is 10.8 Å². The molecule has 1 heterocycles. The highest BCUT2D eigenvalue weighted by Gasteiger charge is 2.13. The lowest BCUT2D eigenvalue weighted by atomic mass is 10.2. The summed E-state index contributed by atoms with van der Waals surface area (Å²) in [4.78, 5) is 22.6. The summed E-state index contributed by atoms with van der Waals surface area (Å²) in [6.45, 7) is 0. The first-order chi connectivity index (χ1) is 12.1. The van der Waals surface area contributed by atoms with Crippen LogP contribution in [0.2, 0.25) is 0 Å². The number of rotatable bonds is 5. The zero-order chi connectivity index (χ0) is 17.8. The van der Waals surface area contributed by atoms with Gasteiger partial charge in [0.15, 0.2) is 0 Å². The molecule has 1 N–H and O–H groups in total. The number of nitrogens with one attached hydrogen (secondary N) is 1. The first-order valence-corrected chi connectivity index (χ1v) is 7.92. The number of carbonyl (C=O) groups is 1. The van der Waals surface area contributed by atoms with E-state index in [1.807, 2.05) is 0 Å². The first kappa shape index (κ1) is 16.5. The second-order valence-electron chi connectivity index (χ2n) is 4.90. The van der Waals surface area contributed by atoms with Crippen molar-refractivity contribution in [3.8, 4) is 16.3 Å². The topological polar surface area (TPSA) is 107 Å². The summed E-state index contributed by atoms with van der Waals surface area (Å²) in [5.74, 6) is 0.324. The molecule has 2 aromatic carbocycles. The van der Waals surface area contributed by atoms with Gasteiger partial charge in [-0.1, -0.05) is 23.5 Å². The van der Waals surface area contributed by atoms with Crippen LogP contribution in [0.1, 0.15) is 10.4 Å². The zero-order valence-electron chi connectivity index (χ0n) is 13.0. The van der Waals surface area contributed by atoms with Gasteiger partial charge in [-0.25, -0.2) is 0 Å². The number of anilines is 1. The SMILES string of the molecule is COc1ccc(C(=O)Nc2nnc(-c3cccc([N+](=O)[O-])c3)s2)cc1. The summed E-state index contributed by atoms with van der Waals surface area (Å²) < 4.78 is 5.05. The summed E-state index contributed by atoms with van der Waals surface area (Å²) in [5, 5.41) is 22.2. The molecule has 1 amide bonds. The van der Waals surface area contributed by atoms with Crippen LogP contribution < -0.4 is 10.1 Å². The molecule has 0 radical (unpaired) electrons. The molecule has 8 nitrogen and oxygen atoms in total. The molecule has 0 unspecified atom stereocenters. The molecule has 25 heavy (non-hydrogen) atoms. The molecule has 0 spiro atoms. The highest BCUT2D eigenvalue weighted by Crippen LogP contribution is 2.29. The fourth-order valence-corrected chi connectivity index (χ4v) is 2.79. The molecule has 0 bridgehead atoms. The number of methoxy groups -OCH3 is 1. The van der Waals surface area contributed by atoms with Gasteiger partial charge in [-0.2, -0.15) is 0 Å². The Hall–Kier alpha value is -3.33. The molecule has 1 aromatic heterocycles. The molecule has 0 aliphatic heterocycles. The number of carbonyl (C=O) groups excluding carboxylic acids is 1. The highest BCUT2D eigenvalue weighted by molar-refractivity contribution is 7.18. The Morgan fingerprint density at radius 3 is 2.64 bits per heavy atom. The van der Waals surface area contributed by atoms with Crippen molar-refractivity contribution in [2.45, 2.75) is 0 Å². The Morgan fingerprint density at radius 2 is 1.96 bits per heavy atom. The molecular weight excluding hydrogens is 344 g/mol. The van der Waals surface area contributed by atoms with Crippen LogP contribution in [0.3, 0.4) is 0 Å². The second kappa shape index (κ2) is 7.05. The molecule has 0 atom stereocenters. The Bertz CT molecular complexity index is 924. The van der Waals surface area contributed by atoms with Crippen LogP contribution in [0.15, 0.2) is 48.5 Å². The van der Waals surface area contributed by atoms with Gasteiger partial charge in [0.2, 0.25) is 5.13 Å². The summed E-state index contributed by atoms with van der Waals surface area (Å²) in [6, 6.07) is 12.7. The van der Waals surface area contributed by atoms with E-state index in [1.54, 1.807) is 43.5 Å². The standard InChI is InChI=1S/C16H12N4O4S/c1-24-13-7-5-10(6-8-13)14(21)17-16-19-18-15(25-16)11-3-2-4-12(9-11)20(22)23/h2-9H,1H3,(H,17,19,21). The van der Waals surface area contributed by atoms with E-state index in [9.17, 15) is 14.9 Å². The number of benzene rings is 2. The predicted molar refractivity (Wildman–Crippen MR) is 92.9 cm³/mol. The highest BCUT2D eigenvalue weighted by atomic mass is 32.1. The van der Waals surface area contributed by atoms with Gasteiger partial charge in [-0.05, 0) is 24.3 Å². The normalized spacial score (nSPS) is 10.3. The maximum atomic E-state index is 12.2. The Morgan fingerprint density at radius 1 is 1.20 bits per heavy atom. The van der Waals surface area contributed by atoms with Crippen molar-refractivity contribution < 1.29 is 14.5 Å². The number of nitrogens with zero attached hydrogens (tertiary/aromatic N) is 3. The molecule has 3 rings (SSSR count). The Labute approximate surface area is 146 Å². The van der Waals surface area contributed by atoms with E-state index >= 15 is 0 Å². The van der Waals surface area contributed by atoms with Gasteiger partial charge in [-0.3, -0.25) is 20.2 Å². The third kappa shape index (κ3) is 3.78. The van der Waals surface area contributed by atoms with E-state index in [0.29, 0.717) is 27.0 Å². The zero-order valence-corrected chi connectivity index (χ0v) is 13.8. The molecule has 0 aliphatic rings. The minimum Gasteiger partial charge on any atom is -0.497 e. The maximum absolute atomic E-state index is 12.2. The van der Waals surface area contributed by atoms with Gasteiger partial charge in [-0.15, -0.1) is 10.2 Å². The average Bonchev–Trinajstić information content (AvgIpc) is 3.10. The summed E-state index contributed by atoms with van der Waals surface area (Å²) in [5.41, 5.74) is 0.987. The molecule has 126 valence electrons. The van der Waals surface area contributed by atoms with Crippen molar-refractivity contribution in [3.05, 3.63) is 64.2 Å². The molecule has 0 aliphatic carbocycles. The number of amides is 1. The summed E-state index contributed by atoms with van der Waals surface area (Å²) in [6.07, 6.45) is 0. The molecule has 3 aromatic rings. The molecular formula is C16H12N4O4S. The van der Waals surface area contributed by atoms with Crippen molar-refractivity contribution in [2.75, 3.05) is 12.4 Å². The van der Waals surface area contributed by atoms with Crippen molar-refractivity contribution in [1.29, 1.82) is 0 Å². The van der Waals surface area contributed by atoms with Crippen molar-refractivity contribution >= 4 is 28.1 Å². The lowest BCUT2D eigenvalue weighted by Gasteiger charge is -2.02. The number of non-ortho nitro benzene ring substituents is 1. The maximum Gasteiger partial charge on any atom is 0.270 e. The van der Waals surface area contributed by atoms with Crippen LogP contribution >= 0.6 is 11.3 Å². The van der Waals surface area contributed by atoms with Gasteiger partial charge < -0.3 is 4.74 Å². The van der Waals surface area contributed by atoms with Crippen molar-refractivity contribution in [1.82, 2.24) is 10.2 Å². The number of hydrogen-bond acceptors (Lipinski definition) is 7. The number of ether oxygens (including phenoxy) is 1. The molecule has 9 heteroatoms. The predicted octanol–water partition coefficient (Wildman–Crippen LogP) is 3.37. The van der Waals surface area contributed by atoms with Crippen LogP contribution in [0.25, 0.3) is 10.6 Å². The van der Waals surface area contributed by atoms with Gasteiger partial charge in [0, 0.05) is 23.3 Å². The van der Waals surface area contributed by atoms with Crippen LogP contribution in [0, 0.1) is 10.1 Å². The summed E-state index contributed by atoms with van der Waals surface area (Å²) >= 11 is 1.14. The number of nitro groups is 1. The quantitative estimate of drug-likeness (QED) is 0.555. The fourth-order valence-electron chi connectivity index (χ4n) is 2.05. The monoisotopic (exact) mass is 356 g/mol. The van der Waals surface area contributed by atoms with E-state index in [0.717, 1.165) is 11.3 Å². The lowest BCUT2D eigenvalue weighted by Crippen LogP contribution is -2.11. The van der Waals surface area contributed by atoms with E-state index in [-0.39, 0.29) is 11.6 Å². The average molecular weight is 356 g/mol. The lowest BCUT2D eigenvalue weighted by molar-refractivity contribution is -0.384. The molecule has 0 saturated carbocycles. The van der Waals surface area contributed by atoms with E-state index < -0.39 is 4.92 Å². The molecule has 0 saturated heterocycles.